The van der Waals surface area contributed by atoms with Crippen molar-refractivity contribution >= 4 is 23.6 Å². The van der Waals surface area contributed by atoms with Crippen molar-refractivity contribution in [3.63, 3.8) is 0 Å². The summed E-state index contributed by atoms with van der Waals surface area (Å²) in [4.78, 5) is 24.8. The number of hydrogen-bond acceptors (Lipinski definition) is 4. The van der Waals surface area contributed by atoms with Crippen LogP contribution in [-0.4, -0.2) is 58.6 Å². The number of carbonyl (C=O) groups excluding carboxylic acids is 2. The quantitative estimate of drug-likeness (QED) is 0.555. The van der Waals surface area contributed by atoms with E-state index in [1.54, 1.807) is 16.7 Å². The number of aliphatic hydroxyl groups is 1. The maximum Gasteiger partial charge on any atom is 0.248 e. The van der Waals surface area contributed by atoms with Crippen LogP contribution in [0.3, 0.4) is 0 Å². The van der Waals surface area contributed by atoms with Crippen molar-refractivity contribution in [1.29, 1.82) is 0 Å². The number of piperazine rings is 1. The largest absolute Gasteiger partial charge is 0.394 e. The molecule has 0 spiro atoms. The number of amides is 2. The Labute approximate surface area is 85.8 Å². The van der Waals surface area contributed by atoms with Gasteiger partial charge < -0.3 is 15.3 Å². The SMILES string of the molecule is O=C1N[C@H](CO)C(=O)N2CCSCC12. The minimum Gasteiger partial charge on any atom is -0.394 e. The van der Waals surface area contributed by atoms with Crippen molar-refractivity contribution in [2.24, 2.45) is 0 Å². The van der Waals surface area contributed by atoms with Crippen LogP contribution < -0.4 is 5.32 Å². The van der Waals surface area contributed by atoms with E-state index in [0.29, 0.717) is 12.3 Å². The van der Waals surface area contributed by atoms with E-state index in [2.05, 4.69) is 5.32 Å². The average molecular weight is 216 g/mol. The number of carbonyl (C=O) groups is 2. The highest BCUT2D eigenvalue weighted by Gasteiger charge is 2.41. The van der Waals surface area contributed by atoms with Crippen LogP contribution in [0.15, 0.2) is 0 Å². The van der Waals surface area contributed by atoms with Gasteiger partial charge in [-0.3, -0.25) is 9.59 Å². The first kappa shape index (κ1) is 9.79. The van der Waals surface area contributed by atoms with Crippen molar-refractivity contribution in [2.75, 3.05) is 24.7 Å². The fourth-order valence-electron chi connectivity index (χ4n) is 1.74. The maximum absolute atomic E-state index is 11.7. The Balaban J connectivity index is 2.17. The van der Waals surface area contributed by atoms with E-state index in [-0.39, 0.29) is 24.5 Å². The first-order valence-electron chi connectivity index (χ1n) is 4.53. The lowest BCUT2D eigenvalue weighted by atomic mass is 10.1. The Bertz CT molecular complexity index is 271. The molecule has 0 aromatic heterocycles. The first-order valence-corrected chi connectivity index (χ1v) is 5.69. The summed E-state index contributed by atoms with van der Waals surface area (Å²) in [5.74, 6) is 1.23. The number of hydrogen-bond donors (Lipinski definition) is 2. The molecule has 2 aliphatic rings. The second-order valence-corrected chi connectivity index (χ2v) is 4.52. The van der Waals surface area contributed by atoms with Gasteiger partial charge in [-0.2, -0.15) is 11.8 Å². The monoisotopic (exact) mass is 216 g/mol. The summed E-state index contributed by atoms with van der Waals surface area (Å²) >= 11 is 1.68. The third kappa shape index (κ3) is 1.48. The molecule has 0 bridgehead atoms. The molecule has 5 nitrogen and oxygen atoms in total. The van der Waals surface area contributed by atoms with Gasteiger partial charge in [0.2, 0.25) is 11.8 Å². The zero-order valence-electron chi connectivity index (χ0n) is 7.60. The van der Waals surface area contributed by atoms with Crippen LogP contribution in [0.25, 0.3) is 0 Å². The van der Waals surface area contributed by atoms with E-state index >= 15 is 0 Å². The molecule has 2 atom stereocenters. The molecule has 2 heterocycles. The predicted octanol–water partition coefficient (Wildman–Crippen LogP) is -1.58. The Kier molecular flexibility index (Phi) is 2.64. The first-order chi connectivity index (χ1) is 6.74. The average Bonchev–Trinajstić information content (AvgIpc) is 2.23. The van der Waals surface area contributed by atoms with Crippen LogP contribution in [-0.2, 0) is 9.59 Å². The minimum absolute atomic E-state index is 0.143. The Morgan fingerprint density at radius 2 is 2.36 bits per heavy atom. The normalized spacial score (nSPS) is 32.5. The maximum atomic E-state index is 11.7. The highest BCUT2D eigenvalue weighted by Crippen LogP contribution is 2.20. The summed E-state index contributed by atoms with van der Waals surface area (Å²) < 4.78 is 0. The molecule has 14 heavy (non-hydrogen) atoms. The molecule has 6 heteroatoms. The molecule has 0 aromatic carbocycles. The molecule has 78 valence electrons. The molecule has 0 saturated carbocycles. The summed E-state index contributed by atoms with van der Waals surface area (Å²) in [5, 5.41) is 11.4. The van der Waals surface area contributed by atoms with E-state index in [9.17, 15) is 9.59 Å². The smallest absolute Gasteiger partial charge is 0.248 e. The van der Waals surface area contributed by atoms with Gasteiger partial charge in [0.25, 0.3) is 0 Å². The van der Waals surface area contributed by atoms with Crippen LogP contribution in [0.4, 0.5) is 0 Å². The molecule has 2 N–H and O–H groups in total. The van der Waals surface area contributed by atoms with Crippen LogP contribution in [0.5, 0.6) is 0 Å². The van der Waals surface area contributed by atoms with E-state index in [4.69, 9.17) is 5.11 Å². The zero-order chi connectivity index (χ0) is 10.1. The number of aliphatic hydroxyl groups excluding tert-OH is 1. The molecular weight excluding hydrogens is 204 g/mol. The van der Waals surface area contributed by atoms with Gasteiger partial charge in [-0.15, -0.1) is 0 Å². The highest BCUT2D eigenvalue weighted by molar-refractivity contribution is 7.99. The summed E-state index contributed by atoms with van der Waals surface area (Å²) in [6, 6.07) is -1.06. The molecule has 0 aromatic rings. The second kappa shape index (κ2) is 3.78. The van der Waals surface area contributed by atoms with Gasteiger partial charge in [0.1, 0.15) is 12.1 Å². The van der Waals surface area contributed by atoms with Crippen molar-refractivity contribution in [1.82, 2.24) is 10.2 Å². The minimum atomic E-state index is -0.734. The van der Waals surface area contributed by atoms with Crippen LogP contribution in [0, 0.1) is 0 Å². The number of nitrogens with zero attached hydrogens (tertiary/aromatic N) is 1. The summed E-state index contributed by atoms with van der Waals surface area (Å²) in [7, 11) is 0. The molecule has 2 fully saturated rings. The summed E-state index contributed by atoms with van der Waals surface area (Å²) in [6.07, 6.45) is 0. The van der Waals surface area contributed by atoms with E-state index in [0.717, 1.165) is 5.75 Å². The van der Waals surface area contributed by atoms with Gasteiger partial charge >= 0.3 is 0 Å². The topological polar surface area (TPSA) is 69.6 Å². The lowest BCUT2D eigenvalue weighted by Crippen LogP contribution is -2.66. The molecule has 1 unspecified atom stereocenters. The van der Waals surface area contributed by atoms with Gasteiger partial charge in [-0.25, -0.2) is 0 Å². The molecule has 2 saturated heterocycles. The lowest BCUT2D eigenvalue weighted by molar-refractivity contribution is -0.149. The molecule has 0 radical (unpaired) electrons. The Morgan fingerprint density at radius 3 is 3.07 bits per heavy atom. The molecule has 2 aliphatic heterocycles. The lowest BCUT2D eigenvalue weighted by Gasteiger charge is -2.40. The van der Waals surface area contributed by atoms with Gasteiger partial charge in [0.15, 0.2) is 0 Å². The third-order valence-corrected chi connectivity index (χ3v) is 3.53. The van der Waals surface area contributed by atoms with Gasteiger partial charge in [-0.1, -0.05) is 0 Å². The number of rotatable bonds is 1. The fraction of sp³-hybridized carbons (Fsp3) is 0.750. The number of nitrogens with one attached hydrogen (secondary N) is 1. The summed E-state index contributed by atoms with van der Waals surface area (Å²) in [6.45, 7) is 0.291. The van der Waals surface area contributed by atoms with Crippen molar-refractivity contribution in [2.45, 2.75) is 12.1 Å². The van der Waals surface area contributed by atoms with Crippen LogP contribution >= 0.6 is 11.8 Å². The standard InChI is InChI=1S/C8H12N2O3S/c11-3-5-8(13)10-1-2-14-4-6(10)7(12)9-5/h5-6,11H,1-4H2,(H,9,12)/t5-,6?/m1/s1. The van der Waals surface area contributed by atoms with Gasteiger partial charge in [-0.05, 0) is 0 Å². The molecular formula is C8H12N2O3S. The third-order valence-electron chi connectivity index (χ3n) is 2.51. The van der Waals surface area contributed by atoms with E-state index in [1.807, 2.05) is 0 Å². The second-order valence-electron chi connectivity index (χ2n) is 3.37. The predicted molar refractivity (Wildman–Crippen MR) is 51.8 cm³/mol. The van der Waals surface area contributed by atoms with Gasteiger partial charge in [0, 0.05) is 18.1 Å². The molecule has 2 rings (SSSR count). The van der Waals surface area contributed by atoms with E-state index < -0.39 is 6.04 Å². The molecule has 2 amide bonds. The van der Waals surface area contributed by atoms with E-state index in [1.165, 1.54) is 0 Å². The number of thioether (sulfide) groups is 1. The van der Waals surface area contributed by atoms with Crippen LogP contribution in [0.2, 0.25) is 0 Å². The highest BCUT2D eigenvalue weighted by atomic mass is 32.2. The van der Waals surface area contributed by atoms with Crippen molar-refractivity contribution < 1.29 is 14.7 Å². The zero-order valence-corrected chi connectivity index (χ0v) is 8.42. The molecule has 0 aliphatic carbocycles. The van der Waals surface area contributed by atoms with Crippen LogP contribution in [0.1, 0.15) is 0 Å². The number of fused-ring (bicyclic) bond motifs is 1. The fourth-order valence-corrected chi connectivity index (χ4v) is 2.79. The van der Waals surface area contributed by atoms with Gasteiger partial charge in [0.05, 0.1) is 6.61 Å². The van der Waals surface area contributed by atoms with Crippen molar-refractivity contribution in [3.8, 4) is 0 Å². The van der Waals surface area contributed by atoms with Crippen molar-refractivity contribution in [3.05, 3.63) is 0 Å². The Hall–Kier alpha value is -0.750. The Morgan fingerprint density at radius 1 is 1.57 bits per heavy atom. The summed E-state index contributed by atoms with van der Waals surface area (Å²) in [5.41, 5.74) is 0.